The van der Waals surface area contributed by atoms with Crippen LogP contribution in [0.4, 0.5) is 23.2 Å². The van der Waals surface area contributed by atoms with Crippen LogP contribution in [0, 0.1) is 29.4 Å². The van der Waals surface area contributed by atoms with Crippen molar-refractivity contribution in [3.05, 3.63) is 23.5 Å². The Morgan fingerprint density at radius 1 is 1.20 bits per heavy atom. The van der Waals surface area contributed by atoms with Gasteiger partial charge in [0, 0.05) is 12.6 Å². The number of pyridine rings is 1. The highest BCUT2D eigenvalue weighted by atomic mass is 19.2. The molecule has 1 saturated heterocycles. The zero-order chi connectivity index (χ0) is 15.0. The molecule has 8 heteroatoms. The van der Waals surface area contributed by atoms with Crippen LogP contribution < -0.4 is 10.6 Å². The maximum Gasteiger partial charge on any atom is 0.253 e. The van der Waals surface area contributed by atoms with Crippen LogP contribution in [0.2, 0.25) is 0 Å². The monoisotopic (exact) mass is 291 g/mol. The molecule has 1 aromatic rings. The van der Waals surface area contributed by atoms with E-state index in [1.807, 2.05) is 0 Å². The van der Waals surface area contributed by atoms with E-state index in [0.29, 0.717) is 12.8 Å². The molecule has 1 aliphatic rings. The van der Waals surface area contributed by atoms with Gasteiger partial charge in [-0.05, 0) is 19.8 Å². The van der Waals surface area contributed by atoms with Crippen LogP contribution in [-0.2, 0) is 4.79 Å². The first-order chi connectivity index (χ1) is 9.32. The summed E-state index contributed by atoms with van der Waals surface area (Å²) in [7, 11) is 0. The lowest BCUT2D eigenvalue weighted by atomic mass is 9.92. The van der Waals surface area contributed by atoms with Gasteiger partial charge in [0.1, 0.15) is 5.69 Å². The number of halogens is 4. The Hall–Kier alpha value is -1.86. The molecule has 2 unspecified atom stereocenters. The summed E-state index contributed by atoms with van der Waals surface area (Å²) in [6, 6.07) is -0.379. The van der Waals surface area contributed by atoms with Crippen LogP contribution in [-0.4, -0.2) is 23.5 Å². The highest BCUT2D eigenvalue weighted by Gasteiger charge is 2.34. The van der Waals surface area contributed by atoms with E-state index in [2.05, 4.69) is 4.98 Å². The minimum absolute atomic E-state index is 0.0900. The molecule has 1 aliphatic heterocycles. The molecule has 0 aliphatic carbocycles. The Bertz CT molecular complexity index is 526. The summed E-state index contributed by atoms with van der Waals surface area (Å²) in [4.78, 5) is 14.8. The second-order valence-electron chi connectivity index (χ2n) is 4.85. The first kappa shape index (κ1) is 14.5. The van der Waals surface area contributed by atoms with E-state index in [0.717, 1.165) is 4.90 Å². The second-order valence-corrected chi connectivity index (χ2v) is 4.85. The maximum absolute atomic E-state index is 13.7. The van der Waals surface area contributed by atoms with Crippen molar-refractivity contribution >= 4 is 11.6 Å². The number of anilines is 1. The summed E-state index contributed by atoms with van der Waals surface area (Å²) in [5.41, 5.74) is 4.34. The largest absolute Gasteiger partial charge is 0.369 e. The number of nitrogens with two attached hydrogens (primary N) is 1. The van der Waals surface area contributed by atoms with E-state index in [9.17, 15) is 22.4 Å². The standard InChI is InChI=1S/C12H13F4N3O/c1-5-2-3-6(12(17)20)4-19(5)9-7(13)10(15)18-11(16)8(9)14/h5-6H,2-4H2,1H3,(H2,17,20). The van der Waals surface area contributed by atoms with E-state index >= 15 is 0 Å². The third-order valence-corrected chi connectivity index (χ3v) is 3.55. The summed E-state index contributed by atoms with van der Waals surface area (Å²) >= 11 is 0. The predicted octanol–water partition coefficient (Wildman–Crippen LogP) is 1.73. The Morgan fingerprint density at radius 3 is 2.25 bits per heavy atom. The Kier molecular flexibility index (Phi) is 3.82. The lowest BCUT2D eigenvalue weighted by Gasteiger charge is -2.38. The Labute approximate surface area is 112 Å². The number of nitrogens with zero attached hydrogens (tertiary/aromatic N) is 2. The van der Waals surface area contributed by atoms with E-state index in [4.69, 9.17) is 5.73 Å². The molecule has 0 radical (unpaired) electrons. The summed E-state index contributed by atoms with van der Waals surface area (Å²) in [5.74, 6) is -7.80. The molecule has 1 aromatic heterocycles. The number of carbonyl (C=O) groups is 1. The smallest absolute Gasteiger partial charge is 0.253 e. The third-order valence-electron chi connectivity index (χ3n) is 3.55. The van der Waals surface area contributed by atoms with Crippen LogP contribution in [0.5, 0.6) is 0 Å². The van der Waals surface area contributed by atoms with Gasteiger partial charge in [0.25, 0.3) is 11.9 Å². The topological polar surface area (TPSA) is 59.2 Å². The van der Waals surface area contributed by atoms with Crippen LogP contribution in [0.1, 0.15) is 19.8 Å². The van der Waals surface area contributed by atoms with Crippen molar-refractivity contribution in [3.63, 3.8) is 0 Å². The molecular weight excluding hydrogens is 278 g/mol. The molecular formula is C12H13F4N3O. The zero-order valence-corrected chi connectivity index (χ0v) is 10.7. The van der Waals surface area contributed by atoms with Crippen LogP contribution >= 0.6 is 0 Å². The fourth-order valence-corrected chi connectivity index (χ4v) is 2.38. The highest BCUT2D eigenvalue weighted by molar-refractivity contribution is 5.77. The van der Waals surface area contributed by atoms with Crippen molar-refractivity contribution < 1.29 is 22.4 Å². The van der Waals surface area contributed by atoms with Crippen molar-refractivity contribution in [2.45, 2.75) is 25.8 Å². The summed E-state index contributed by atoms with van der Waals surface area (Å²) in [5, 5.41) is 0. The van der Waals surface area contributed by atoms with Crippen LogP contribution in [0.15, 0.2) is 0 Å². The van der Waals surface area contributed by atoms with Gasteiger partial charge in [0.15, 0.2) is 0 Å². The molecule has 0 bridgehead atoms. The molecule has 2 N–H and O–H groups in total. The summed E-state index contributed by atoms with van der Waals surface area (Å²) < 4.78 is 53.7. The molecule has 2 heterocycles. The minimum atomic E-state index is -1.72. The quantitative estimate of drug-likeness (QED) is 0.667. The molecule has 110 valence electrons. The van der Waals surface area contributed by atoms with Gasteiger partial charge in [-0.1, -0.05) is 0 Å². The first-order valence-corrected chi connectivity index (χ1v) is 6.08. The van der Waals surface area contributed by atoms with Gasteiger partial charge >= 0.3 is 0 Å². The lowest BCUT2D eigenvalue weighted by Crippen LogP contribution is -2.46. The fraction of sp³-hybridized carbons (Fsp3) is 0.500. The SMILES string of the molecule is CC1CCC(C(N)=O)CN1c1c(F)c(F)nc(F)c1F. The fourth-order valence-electron chi connectivity index (χ4n) is 2.38. The molecule has 1 amide bonds. The number of aromatic nitrogens is 1. The van der Waals surface area contributed by atoms with Gasteiger partial charge < -0.3 is 10.6 Å². The van der Waals surface area contributed by atoms with Gasteiger partial charge in [0.05, 0.1) is 5.92 Å². The molecule has 0 aromatic carbocycles. The van der Waals surface area contributed by atoms with E-state index in [1.54, 1.807) is 6.92 Å². The van der Waals surface area contributed by atoms with Crippen molar-refractivity contribution in [1.82, 2.24) is 4.98 Å². The van der Waals surface area contributed by atoms with Gasteiger partial charge in [-0.2, -0.15) is 22.5 Å². The molecule has 2 atom stereocenters. The molecule has 4 nitrogen and oxygen atoms in total. The average Bonchev–Trinajstić information content (AvgIpc) is 2.38. The average molecular weight is 291 g/mol. The normalized spacial score (nSPS) is 22.9. The summed E-state index contributed by atoms with van der Waals surface area (Å²) in [6.07, 6.45) is 0.893. The molecule has 2 rings (SSSR count). The van der Waals surface area contributed by atoms with Gasteiger partial charge in [0.2, 0.25) is 17.5 Å². The van der Waals surface area contributed by atoms with Gasteiger partial charge in [-0.3, -0.25) is 4.79 Å². The maximum atomic E-state index is 13.7. The zero-order valence-electron chi connectivity index (χ0n) is 10.7. The van der Waals surface area contributed by atoms with Crippen molar-refractivity contribution in [2.24, 2.45) is 11.7 Å². The number of piperidine rings is 1. The van der Waals surface area contributed by atoms with Crippen LogP contribution in [0.25, 0.3) is 0 Å². The molecule has 1 fully saturated rings. The van der Waals surface area contributed by atoms with E-state index in [-0.39, 0.29) is 12.6 Å². The Balaban J connectivity index is 2.46. The lowest BCUT2D eigenvalue weighted by molar-refractivity contribution is -0.122. The minimum Gasteiger partial charge on any atom is -0.369 e. The number of rotatable bonds is 2. The Morgan fingerprint density at radius 2 is 1.75 bits per heavy atom. The number of carbonyl (C=O) groups excluding carboxylic acids is 1. The molecule has 0 saturated carbocycles. The highest BCUT2D eigenvalue weighted by Crippen LogP contribution is 2.32. The van der Waals surface area contributed by atoms with Crippen LogP contribution in [0.3, 0.4) is 0 Å². The van der Waals surface area contributed by atoms with E-state index in [1.165, 1.54) is 0 Å². The number of amides is 1. The van der Waals surface area contributed by atoms with Crippen molar-refractivity contribution in [1.29, 1.82) is 0 Å². The second kappa shape index (κ2) is 5.26. The third kappa shape index (κ3) is 2.41. The van der Waals surface area contributed by atoms with Gasteiger partial charge in [-0.25, -0.2) is 0 Å². The first-order valence-electron chi connectivity index (χ1n) is 6.08. The predicted molar refractivity (Wildman–Crippen MR) is 62.8 cm³/mol. The van der Waals surface area contributed by atoms with E-state index < -0.39 is 41.0 Å². The summed E-state index contributed by atoms with van der Waals surface area (Å²) in [6.45, 7) is 1.56. The number of hydrogen-bond donors (Lipinski definition) is 1. The van der Waals surface area contributed by atoms with Gasteiger partial charge in [-0.15, -0.1) is 0 Å². The molecule has 20 heavy (non-hydrogen) atoms. The van der Waals surface area contributed by atoms with Crippen molar-refractivity contribution in [2.75, 3.05) is 11.4 Å². The number of hydrogen-bond acceptors (Lipinski definition) is 3. The number of primary amides is 1. The van der Waals surface area contributed by atoms with Crippen molar-refractivity contribution in [3.8, 4) is 0 Å². The molecule has 0 spiro atoms.